The zero-order valence-electron chi connectivity index (χ0n) is 13.9. The van der Waals surface area contributed by atoms with Crippen molar-refractivity contribution in [1.29, 1.82) is 0 Å². The Bertz CT molecular complexity index is 586. The first-order chi connectivity index (χ1) is 11.3. The van der Waals surface area contributed by atoms with Crippen LogP contribution in [0.5, 0.6) is 0 Å². The lowest BCUT2D eigenvalue weighted by atomic mass is 10.1. The number of ether oxygens (including phenoxy) is 1. The van der Waals surface area contributed by atoms with Gasteiger partial charge in [0, 0.05) is 18.7 Å². The smallest absolute Gasteiger partial charge is 0.134 e. The van der Waals surface area contributed by atoms with Crippen molar-refractivity contribution in [2.24, 2.45) is 0 Å². The molecule has 2 heterocycles. The van der Waals surface area contributed by atoms with E-state index in [-0.39, 0.29) is 0 Å². The number of furan rings is 1. The van der Waals surface area contributed by atoms with Gasteiger partial charge in [-0.3, -0.25) is 4.90 Å². The number of hydrogen-bond donors (Lipinski definition) is 1. The predicted molar refractivity (Wildman–Crippen MR) is 92.5 cm³/mol. The SMILES string of the molecule is Cc1ccc(-c2ccc(CNCCCN3CCOCC3)o2)cc1. The average Bonchev–Trinajstić information content (AvgIpc) is 3.05. The zero-order valence-corrected chi connectivity index (χ0v) is 13.9. The largest absolute Gasteiger partial charge is 0.460 e. The summed E-state index contributed by atoms with van der Waals surface area (Å²) in [5, 5.41) is 3.46. The van der Waals surface area contributed by atoms with Gasteiger partial charge in [0.25, 0.3) is 0 Å². The molecule has 23 heavy (non-hydrogen) atoms. The Balaban J connectivity index is 1.38. The third-order valence-electron chi connectivity index (χ3n) is 4.23. The summed E-state index contributed by atoms with van der Waals surface area (Å²) >= 11 is 0. The molecule has 0 saturated carbocycles. The van der Waals surface area contributed by atoms with Crippen molar-refractivity contribution in [2.75, 3.05) is 39.4 Å². The molecule has 2 aromatic rings. The number of benzene rings is 1. The van der Waals surface area contributed by atoms with Crippen molar-refractivity contribution in [1.82, 2.24) is 10.2 Å². The van der Waals surface area contributed by atoms with Crippen LogP contribution in [0.3, 0.4) is 0 Å². The van der Waals surface area contributed by atoms with Crippen LogP contribution in [-0.2, 0) is 11.3 Å². The van der Waals surface area contributed by atoms with Crippen LogP contribution < -0.4 is 5.32 Å². The number of hydrogen-bond acceptors (Lipinski definition) is 4. The second kappa shape index (κ2) is 8.29. The van der Waals surface area contributed by atoms with Gasteiger partial charge in [-0.05, 0) is 38.6 Å². The molecule has 124 valence electrons. The second-order valence-corrected chi connectivity index (χ2v) is 6.12. The van der Waals surface area contributed by atoms with Gasteiger partial charge in [0.05, 0.1) is 19.8 Å². The molecule has 1 aliphatic heterocycles. The fourth-order valence-electron chi connectivity index (χ4n) is 2.81. The Morgan fingerprint density at radius 2 is 1.83 bits per heavy atom. The first kappa shape index (κ1) is 16.2. The van der Waals surface area contributed by atoms with E-state index in [1.54, 1.807) is 0 Å². The van der Waals surface area contributed by atoms with Crippen molar-refractivity contribution in [3.8, 4) is 11.3 Å². The summed E-state index contributed by atoms with van der Waals surface area (Å²) in [6.07, 6.45) is 1.16. The van der Waals surface area contributed by atoms with E-state index in [9.17, 15) is 0 Å². The molecule has 1 aromatic heterocycles. The molecule has 4 nitrogen and oxygen atoms in total. The summed E-state index contributed by atoms with van der Waals surface area (Å²) < 4.78 is 11.3. The summed E-state index contributed by atoms with van der Waals surface area (Å²) in [7, 11) is 0. The minimum Gasteiger partial charge on any atom is -0.460 e. The van der Waals surface area contributed by atoms with Crippen LogP contribution in [0.15, 0.2) is 40.8 Å². The fourth-order valence-corrected chi connectivity index (χ4v) is 2.81. The van der Waals surface area contributed by atoms with Gasteiger partial charge in [0.2, 0.25) is 0 Å². The summed E-state index contributed by atoms with van der Waals surface area (Å²) in [5.41, 5.74) is 2.40. The van der Waals surface area contributed by atoms with Gasteiger partial charge < -0.3 is 14.5 Å². The standard InChI is InChI=1S/C19H26N2O2/c1-16-3-5-17(6-4-16)19-8-7-18(23-19)15-20-9-2-10-21-11-13-22-14-12-21/h3-8,20H,2,9-15H2,1H3. The van der Waals surface area contributed by atoms with Crippen molar-refractivity contribution < 1.29 is 9.15 Å². The zero-order chi connectivity index (χ0) is 15.9. The first-order valence-corrected chi connectivity index (χ1v) is 8.48. The van der Waals surface area contributed by atoms with Crippen LogP contribution >= 0.6 is 0 Å². The van der Waals surface area contributed by atoms with Crippen molar-refractivity contribution in [3.05, 3.63) is 47.7 Å². The third-order valence-corrected chi connectivity index (χ3v) is 4.23. The summed E-state index contributed by atoms with van der Waals surface area (Å²) in [4.78, 5) is 2.47. The Kier molecular flexibility index (Phi) is 5.86. The molecule has 0 radical (unpaired) electrons. The molecule has 0 amide bonds. The van der Waals surface area contributed by atoms with Crippen LogP contribution in [0.25, 0.3) is 11.3 Å². The maximum Gasteiger partial charge on any atom is 0.134 e. The minimum absolute atomic E-state index is 0.787. The van der Waals surface area contributed by atoms with Gasteiger partial charge in [0.1, 0.15) is 11.5 Å². The summed E-state index contributed by atoms with van der Waals surface area (Å²) in [6.45, 7) is 8.92. The number of rotatable bonds is 7. The molecule has 1 aromatic carbocycles. The lowest BCUT2D eigenvalue weighted by Crippen LogP contribution is -2.37. The Hall–Kier alpha value is -1.62. The molecule has 1 aliphatic rings. The molecular weight excluding hydrogens is 288 g/mol. The molecule has 0 atom stereocenters. The van der Waals surface area contributed by atoms with E-state index >= 15 is 0 Å². The minimum atomic E-state index is 0.787. The fraction of sp³-hybridized carbons (Fsp3) is 0.474. The summed E-state index contributed by atoms with van der Waals surface area (Å²) in [6, 6.07) is 12.5. The average molecular weight is 314 g/mol. The topological polar surface area (TPSA) is 37.6 Å². The number of aryl methyl sites for hydroxylation is 1. The van der Waals surface area contributed by atoms with Gasteiger partial charge in [-0.2, -0.15) is 0 Å². The maximum atomic E-state index is 5.92. The van der Waals surface area contributed by atoms with Gasteiger partial charge in [0.15, 0.2) is 0 Å². The normalized spacial score (nSPS) is 15.9. The van der Waals surface area contributed by atoms with E-state index in [0.717, 1.165) is 69.4 Å². The van der Waals surface area contributed by atoms with Gasteiger partial charge in [-0.25, -0.2) is 0 Å². The Labute approximate surface area is 138 Å². The molecule has 1 N–H and O–H groups in total. The van der Waals surface area contributed by atoms with Crippen molar-refractivity contribution in [3.63, 3.8) is 0 Å². The van der Waals surface area contributed by atoms with Gasteiger partial charge in [-0.15, -0.1) is 0 Å². The first-order valence-electron chi connectivity index (χ1n) is 8.48. The van der Waals surface area contributed by atoms with Crippen LogP contribution in [0.1, 0.15) is 17.7 Å². The lowest BCUT2D eigenvalue weighted by Gasteiger charge is -2.26. The van der Waals surface area contributed by atoms with Crippen LogP contribution in [0, 0.1) is 6.92 Å². The highest BCUT2D eigenvalue weighted by Gasteiger charge is 2.09. The molecule has 0 spiro atoms. The Morgan fingerprint density at radius 3 is 2.61 bits per heavy atom. The number of nitrogens with zero attached hydrogens (tertiary/aromatic N) is 1. The molecular formula is C19H26N2O2. The molecule has 0 unspecified atom stereocenters. The van der Waals surface area contributed by atoms with E-state index in [4.69, 9.17) is 9.15 Å². The molecule has 1 saturated heterocycles. The lowest BCUT2D eigenvalue weighted by molar-refractivity contribution is 0.0374. The van der Waals surface area contributed by atoms with E-state index in [2.05, 4.69) is 53.5 Å². The number of nitrogens with one attached hydrogen (secondary N) is 1. The highest BCUT2D eigenvalue weighted by Crippen LogP contribution is 2.22. The molecule has 4 heteroatoms. The Morgan fingerprint density at radius 1 is 1.04 bits per heavy atom. The summed E-state index contributed by atoms with van der Waals surface area (Å²) in [5.74, 6) is 1.93. The van der Waals surface area contributed by atoms with E-state index in [0.29, 0.717) is 0 Å². The van der Waals surface area contributed by atoms with E-state index in [1.165, 1.54) is 5.56 Å². The maximum absolute atomic E-state index is 5.92. The van der Waals surface area contributed by atoms with Crippen LogP contribution in [-0.4, -0.2) is 44.3 Å². The molecule has 0 bridgehead atoms. The van der Waals surface area contributed by atoms with Gasteiger partial charge in [-0.1, -0.05) is 29.8 Å². The predicted octanol–water partition coefficient (Wildman–Crippen LogP) is 3.07. The molecule has 1 fully saturated rings. The highest BCUT2D eigenvalue weighted by molar-refractivity contribution is 5.57. The van der Waals surface area contributed by atoms with Crippen molar-refractivity contribution in [2.45, 2.75) is 19.9 Å². The molecule has 0 aliphatic carbocycles. The molecule has 3 rings (SSSR count). The van der Waals surface area contributed by atoms with Crippen LogP contribution in [0.2, 0.25) is 0 Å². The monoisotopic (exact) mass is 314 g/mol. The van der Waals surface area contributed by atoms with E-state index < -0.39 is 0 Å². The second-order valence-electron chi connectivity index (χ2n) is 6.12. The van der Waals surface area contributed by atoms with Crippen LogP contribution in [0.4, 0.5) is 0 Å². The quantitative estimate of drug-likeness (QED) is 0.797. The van der Waals surface area contributed by atoms with Gasteiger partial charge >= 0.3 is 0 Å². The highest BCUT2D eigenvalue weighted by atomic mass is 16.5. The third kappa shape index (κ3) is 4.93. The van der Waals surface area contributed by atoms with Crippen molar-refractivity contribution >= 4 is 0 Å². The van der Waals surface area contributed by atoms with E-state index in [1.807, 2.05) is 0 Å². The number of morpholine rings is 1.